The van der Waals surface area contributed by atoms with E-state index in [1.807, 2.05) is 30.3 Å². The number of nitrogens with one attached hydrogen (secondary N) is 2. The maximum absolute atomic E-state index is 12.5. The van der Waals surface area contributed by atoms with Crippen LogP contribution in [0.15, 0.2) is 61.3 Å². The van der Waals surface area contributed by atoms with Crippen LogP contribution in [0.5, 0.6) is 0 Å². The third kappa shape index (κ3) is 3.45. The molecule has 0 atom stereocenters. The predicted molar refractivity (Wildman–Crippen MR) is 100 cm³/mol. The summed E-state index contributed by atoms with van der Waals surface area (Å²) in [6, 6.07) is 12.5. The van der Waals surface area contributed by atoms with E-state index < -0.39 is 11.8 Å². The van der Waals surface area contributed by atoms with E-state index in [-0.39, 0.29) is 0 Å². The van der Waals surface area contributed by atoms with Crippen molar-refractivity contribution < 1.29 is 9.59 Å². The minimum absolute atomic E-state index is 0.374. The van der Waals surface area contributed by atoms with Gasteiger partial charge in [0, 0.05) is 11.8 Å². The van der Waals surface area contributed by atoms with Gasteiger partial charge in [-0.2, -0.15) is 5.10 Å². The quantitative estimate of drug-likeness (QED) is 0.524. The highest BCUT2D eigenvalue weighted by atomic mass is 16.2. The minimum Gasteiger partial charge on any atom is -0.295 e. The zero-order chi connectivity index (χ0) is 19.5. The van der Waals surface area contributed by atoms with Gasteiger partial charge >= 0.3 is 0 Å². The van der Waals surface area contributed by atoms with Crippen LogP contribution in [0.3, 0.4) is 0 Å². The van der Waals surface area contributed by atoms with Crippen molar-refractivity contribution >= 4 is 17.5 Å². The topological polar surface area (TPSA) is 106 Å². The van der Waals surface area contributed by atoms with Gasteiger partial charge in [0.15, 0.2) is 0 Å². The van der Waals surface area contributed by atoms with Crippen molar-refractivity contribution in [3.8, 4) is 0 Å². The molecule has 140 valence electrons. The molecule has 0 aliphatic carbocycles. The van der Waals surface area contributed by atoms with Gasteiger partial charge in [-0.1, -0.05) is 18.2 Å². The molecule has 2 N–H and O–H groups in total. The Balaban J connectivity index is 1.41. The van der Waals surface area contributed by atoms with E-state index in [0.717, 1.165) is 5.56 Å². The van der Waals surface area contributed by atoms with Crippen molar-refractivity contribution in [2.24, 2.45) is 0 Å². The lowest BCUT2D eigenvalue weighted by atomic mass is 10.1. The van der Waals surface area contributed by atoms with Gasteiger partial charge in [-0.25, -0.2) is 14.6 Å². The Bertz CT molecular complexity index is 1130. The number of imidazole rings is 1. The highest BCUT2D eigenvalue weighted by molar-refractivity contribution is 5.99. The third-order valence-electron chi connectivity index (χ3n) is 4.24. The van der Waals surface area contributed by atoms with Gasteiger partial charge < -0.3 is 0 Å². The summed E-state index contributed by atoms with van der Waals surface area (Å²) in [5.74, 6) is -0.848. The molecule has 0 aliphatic heterocycles. The molecule has 3 heterocycles. The summed E-state index contributed by atoms with van der Waals surface area (Å²) in [4.78, 5) is 33.1. The molecular weight excluding hydrogens is 358 g/mol. The van der Waals surface area contributed by atoms with Gasteiger partial charge in [-0.15, -0.1) is 0 Å². The number of hydrogen-bond donors (Lipinski definition) is 2. The van der Waals surface area contributed by atoms with Crippen LogP contribution in [0.1, 0.15) is 32.1 Å². The Morgan fingerprint density at radius 1 is 1.04 bits per heavy atom. The normalized spacial score (nSPS) is 10.8. The van der Waals surface area contributed by atoms with Gasteiger partial charge in [0.05, 0.1) is 12.2 Å². The molecule has 0 unspecified atom stereocenters. The summed E-state index contributed by atoms with van der Waals surface area (Å²) in [6.45, 7) is 2.31. The number of hydrazine groups is 1. The Morgan fingerprint density at radius 2 is 1.82 bits per heavy atom. The first-order valence-electron chi connectivity index (χ1n) is 8.57. The van der Waals surface area contributed by atoms with Gasteiger partial charge in [0.25, 0.3) is 11.8 Å². The van der Waals surface area contributed by atoms with Crippen LogP contribution in [-0.2, 0) is 6.54 Å². The number of nitrogens with zero attached hydrogens (tertiary/aromatic N) is 5. The Kier molecular flexibility index (Phi) is 4.55. The lowest BCUT2D eigenvalue weighted by Crippen LogP contribution is -2.42. The van der Waals surface area contributed by atoms with Gasteiger partial charge in [0.2, 0.25) is 0 Å². The molecule has 1 aromatic carbocycles. The number of pyridine rings is 1. The molecule has 0 bridgehead atoms. The third-order valence-corrected chi connectivity index (χ3v) is 4.24. The lowest BCUT2D eigenvalue weighted by molar-refractivity contribution is 0.0843. The molecule has 0 saturated heterocycles. The number of aryl methyl sites for hydroxylation is 1. The number of benzene rings is 1. The molecule has 28 heavy (non-hydrogen) atoms. The molecule has 0 spiro atoms. The second-order valence-corrected chi connectivity index (χ2v) is 6.17. The second-order valence-electron chi connectivity index (χ2n) is 6.17. The first-order chi connectivity index (χ1) is 13.6. The number of hydrogen-bond acceptors (Lipinski definition) is 5. The first-order valence-corrected chi connectivity index (χ1v) is 8.57. The number of fused-ring (bicyclic) bond motifs is 1. The fourth-order valence-corrected chi connectivity index (χ4v) is 2.89. The maximum atomic E-state index is 12.5. The summed E-state index contributed by atoms with van der Waals surface area (Å²) in [6.07, 6.45) is 4.84. The Hall–Kier alpha value is -4.01. The number of aromatic nitrogens is 5. The zero-order valence-corrected chi connectivity index (χ0v) is 15.0. The van der Waals surface area contributed by atoms with Gasteiger partial charge in [-0.3, -0.25) is 24.8 Å². The van der Waals surface area contributed by atoms with Crippen molar-refractivity contribution in [3.05, 3.63) is 83.8 Å². The fourth-order valence-electron chi connectivity index (χ4n) is 2.89. The van der Waals surface area contributed by atoms with E-state index in [4.69, 9.17) is 0 Å². The molecule has 0 aliphatic rings. The van der Waals surface area contributed by atoms with E-state index >= 15 is 0 Å². The van der Waals surface area contributed by atoms with Crippen molar-refractivity contribution in [1.82, 2.24) is 35.0 Å². The summed E-state index contributed by atoms with van der Waals surface area (Å²) in [5.41, 5.74) is 7.91. The van der Waals surface area contributed by atoms with Crippen LogP contribution < -0.4 is 10.9 Å². The monoisotopic (exact) mass is 375 g/mol. The van der Waals surface area contributed by atoms with E-state index in [2.05, 4.69) is 25.9 Å². The highest BCUT2D eigenvalue weighted by Crippen LogP contribution is 2.11. The highest BCUT2D eigenvalue weighted by Gasteiger charge is 2.17. The van der Waals surface area contributed by atoms with E-state index in [9.17, 15) is 9.59 Å². The van der Waals surface area contributed by atoms with Crippen LogP contribution in [0.25, 0.3) is 5.65 Å². The molecule has 4 aromatic rings. The molecule has 0 saturated carbocycles. The first kappa shape index (κ1) is 17.4. The van der Waals surface area contributed by atoms with Crippen molar-refractivity contribution in [2.45, 2.75) is 13.5 Å². The number of carbonyl (C=O) groups excluding carboxylic acids is 2. The van der Waals surface area contributed by atoms with Crippen LogP contribution >= 0.6 is 0 Å². The molecule has 9 nitrogen and oxygen atoms in total. The Labute approximate surface area is 160 Å². The predicted octanol–water partition coefficient (Wildman–Crippen LogP) is 1.36. The van der Waals surface area contributed by atoms with Gasteiger partial charge in [0.1, 0.15) is 24.0 Å². The average molecular weight is 375 g/mol. The standard InChI is InChI=1S/C19H17N7O2/c1-13-17(26-9-3-2-4-16(26)22-13)19(28)24-23-18(27)15-7-5-14(6-8-15)10-25-12-20-11-21-25/h2-9,11-12H,10H2,1H3,(H,23,27)(H,24,28). The van der Waals surface area contributed by atoms with Crippen LogP contribution in [0.2, 0.25) is 0 Å². The summed E-state index contributed by atoms with van der Waals surface area (Å²) in [5, 5.41) is 4.04. The van der Waals surface area contributed by atoms with E-state index in [1.165, 1.54) is 6.33 Å². The minimum atomic E-state index is -0.438. The zero-order valence-electron chi connectivity index (χ0n) is 15.0. The van der Waals surface area contributed by atoms with Crippen LogP contribution in [-0.4, -0.2) is 36.0 Å². The maximum Gasteiger partial charge on any atom is 0.288 e. The van der Waals surface area contributed by atoms with Crippen molar-refractivity contribution in [2.75, 3.05) is 0 Å². The number of rotatable bonds is 4. The Morgan fingerprint density at radius 3 is 2.57 bits per heavy atom. The number of carbonyl (C=O) groups is 2. The van der Waals surface area contributed by atoms with E-state index in [0.29, 0.717) is 29.1 Å². The van der Waals surface area contributed by atoms with Crippen molar-refractivity contribution in [1.29, 1.82) is 0 Å². The van der Waals surface area contributed by atoms with E-state index in [1.54, 1.807) is 40.7 Å². The van der Waals surface area contributed by atoms with Crippen LogP contribution in [0.4, 0.5) is 0 Å². The fraction of sp³-hybridized carbons (Fsp3) is 0.105. The molecule has 2 amide bonds. The molecule has 9 heteroatoms. The molecular formula is C19H17N7O2. The summed E-state index contributed by atoms with van der Waals surface area (Å²) in [7, 11) is 0. The van der Waals surface area contributed by atoms with Crippen molar-refractivity contribution in [3.63, 3.8) is 0 Å². The largest absolute Gasteiger partial charge is 0.295 e. The summed E-state index contributed by atoms with van der Waals surface area (Å²) >= 11 is 0. The second kappa shape index (κ2) is 7.31. The lowest BCUT2D eigenvalue weighted by Gasteiger charge is -2.08. The molecule has 3 aromatic heterocycles. The molecule has 4 rings (SSSR count). The summed E-state index contributed by atoms with van der Waals surface area (Å²) < 4.78 is 3.36. The molecule has 0 fully saturated rings. The number of amides is 2. The molecule has 0 radical (unpaired) electrons. The van der Waals surface area contributed by atoms with Crippen LogP contribution in [0, 0.1) is 6.92 Å². The average Bonchev–Trinajstić information content (AvgIpc) is 3.33. The van der Waals surface area contributed by atoms with Gasteiger partial charge in [-0.05, 0) is 36.8 Å². The SMILES string of the molecule is Cc1nc2ccccn2c1C(=O)NNC(=O)c1ccc(Cn2cncn2)cc1. The smallest absolute Gasteiger partial charge is 0.288 e.